The van der Waals surface area contributed by atoms with Crippen LogP contribution in [0.2, 0.25) is 5.02 Å². The minimum atomic E-state index is -0.380. The maximum Gasteiger partial charge on any atom is 0.244 e. The van der Waals surface area contributed by atoms with Crippen molar-refractivity contribution in [2.75, 3.05) is 0 Å². The summed E-state index contributed by atoms with van der Waals surface area (Å²) in [4.78, 5) is 16.0. The lowest BCUT2D eigenvalue weighted by Gasteiger charge is -2.13. The van der Waals surface area contributed by atoms with E-state index >= 15 is 0 Å². The second-order valence-electron chi connectivity index (χ2n) is 6.86. The van der Waals surface area contributed by atoms with E-state index in [2.05, 4.69) is 34.5 Å². The zero-order valence-electron chi connectivity index (χ0n) is 15.7. The molecule has 28 heavy (non-hydrogen) atoms. The molecule has 0 spiro atoms. The number of aryl methyl sites for hydroxylation is 1. The molecule has 142 valence electrons. The van der Waals surface area contributed by atoms with E-state index in [0.717, 1.165) is 33.3 Å². The summed E-state index contributed by atoms with van der Waals surface area (Å²) in [5, 5.41) is 8.85. The van der Waals surface area contributed by atoms with Crippen molar-refractivity contribution in [3.8, 4) is 11.3 Å². The average Bonchev–Trinajstić information content (AvgIpc) is 3.35. The molecule has 2 aromatic carbocycles. The zero-order chi connectivity index (χ0) is 19.7. The molecule has 0 unspecified atom stereocenters. The number of carbonyl (C=O) groups is 1. The minimum absolute atomic E-state index is 0.0941. The molecule has 0 bridgehead atoms. The van der Waals surface area contributed by atoms with Crippen LogP contribution >= 0.6 is 11.6 Å². The van der Waals surface area contributed by atoms with Crippen LogP contribution in [-0.2, 0) is 11.3 Å². The van der Waals surface area contributed by atoms with E-state index in [0.29, 0.717) is 11.6 Å². The van der Waals surface area contributed by atoms with Crippen LogP contribution in [0.5, 0.6) is 0 Å². The van der Waals surface area contributed by atoms with Gasteiger partial charge in [-0.15, -0.1) is 0 Å². The van der Waals surface area contributed by atoms with Crippen LogP contribution in [0.1, 0.15) is 24.1 Å². The molecule has 0 saturated heterocycles. The molecule has 1 atom stereocenters. The topological polar surface area (TPSA) is 62.7 Å². The van der Waals surface area contributed by atoms with Gasteiger partial charge >= 0.3 is 0 Å². The first-order valence-corrected chi connectivity index (χ1v) is 9.55. The summed E-state index contributed by atoms with van der Waals surface area (Å²) in [6.07, 6.45) is 3.44. The smallest absolute Gasteiger partial charge is 0.244 e. The number of nitrogens with one attached hydrogen (secondary N) is 2. The van der Waals surface area contributed by atoms with E-state index in [1.165, 1.54) is 0 Å². The van der Waals surface area contributed by atoms with Crippen LogP contribution in [0.25, 0.3) is 22.2 Å². The molecule has 0 saturated carbocycles. The van der Waals surface area contributed by atoms with Crippen molar-refractivity contribution in [3.63, 3.8) is 0 Å². The lowest BCUT2D eigenvalue weighted by atomic mass is 10.1. The van der Waals surface area contributed by atoms with Crippen LogP contribution in [0.3, 0.4) is 0 Å². The van der Waals surface area contributed by atoms with E-state index in [1.54, 1.807) is 23.1 Å². The van der Waals surface area contributed by atoms with Crippen molar-refractivity contribution in [2.45, 2.75) is 26.4 Å². The highest BCUT2D eigenvalue weighted by Gasteiger charge is 2.17. The Balaban J connectivity index is 1.65. The molecule has 2 heterocycles. The molecular formula is C22H21ClN4O. The third-order valence-electron chi connectivity index (χ3n) is 5.03. The van der Waals surface area contributed by atoms with Gasteiger partial charge in [0.25, 0.3) is 0 Å². The summed E-state index contributed by atoms with van der Waals surface area (Å²) in [6, 6.07) is 15.5. The van der Waals surface area contributed by atoms with Crippen LogP contribution in [0.15, 0.2) is 60.9 Å². The predicted octanol–water partition coefficient (Wildman–Crippen LogP) is 4.87. The predicted molar refractivity (Wildman–Crippen MR) is 112 cm³/mol. The maximum atomic E-state index is 12.5. The Kier molecular flexibility index (Phi) is 4.92. The summed E-state index contributed by atoms with van der Waals surface area (Å²) in [6.45, 7) is 4.29. The zero-order valence-corrected chi connectivity index (χ0v) is 16.5. The van der Waals surface area contributed by atoms with Gasteiger partial charge in [0.2, 0.25) is 5.91 Å². The molecule has 0 radical (unpaired) electrons. The number of halogens is 1. The quantitative estimate of drug-likeness (QED) is 0.509. The van der Waals surface area contributed by atoms with Gasteiger partial charge in [0, 0.05) is 35.0 Å². The number of aromatic amines is 1. The molecule has 0 aliphatic carbocycles. The third-order valence-corrected chi connectivity index (χ3v) is 5.25. The van der Waals surface area contributed by atoms with Gasteiger partial charge in [0.1, 0.15) is 6.04 Å². The Labute approximate surface area is 168 Å². The Hall–Kier alpha value is -3.05. The fraction of sp³-hybridized carbons (Fsp3) is 0.182. The largest absolute Gasteiger partial charge is 0.354 e. The highest BCUT2D eigenvalue weighted by atomic mass is 35.5. The number of hydrogen-bond donors (Lipinski definition) is 2. The summed E-state index contributed by atoms with van der Waals surface area (Å²) in [5.74, 6) is -0.0941. The third kappa shape index (κ3) is 3.41. The lowest BCUT2D eigenvalue weighted by Crippen LogP contribution is -2.30. The molecule has 2 aromatic heterocycles. The molecule has 4 rings (SSSR count). The van der Waals surface area contributed by atoms with Crippen molar-refractivity contribution < 1.29 is 4.79 Å². The number of aromatic nitrogens is 3. The number of benzene rings is 2. The van der Waals surface area contributed by atoms with E-state index < -0.39 is 0 Å². The molecule has 1 amide bonds. The Bertz CT molecular complexity index is 1120. The fourth-order valence-corrected chi connectivity index (χ4v) is 3.69. The molecule has 0 aliphatic rings. The number of fused-ring (bicyclic) bond motifs is 1. The summed E-state index contributed by atoms with van der Waals surface area (Å²) in [5.41, 5.74) is 5.27. The lowest BCUT2D eigenvalue weighted by molar-refractivity contribution is -0.124. The maximum absolute atomic E-state index is 12.5. The first-order valence-electron chi connectivity index (χ1n) is 9.17. The van der Waals surface area contributed by atoms with Gasteiger partial charge in [0.15, 0.2) is 0 Å². The summed E-state index contributed by atoms with van der Waals surface area (Å²) >= 11 is 6.37. The molecule has 4 aromatic rings. The van der Waals surface area contributed by atoms with Crippen LogP contribution < -0.4 is 5.32 Å². The van der Waals surface area contributed by atoms with Crippen LogP contribution in [0, 0.1) is 6.92 Å². The van der Waals surface area contributed by atoms with E-state index in [1.807, 2.05) is 37.3 Å². The van der Waals surface area contributed by atoms with Gasteiger partial charge in [-0.2, -0.15) is 5.10 Å². The fourth-order valence-electron chi connectivity index (χ4n) is 3.45. The van der Waals surface area contributed by atoms with E-state index in [9.17, 15) is 4.79 Å². The molecule has 2 N–H and O–H groups in total. The van der Waals surface area contributed by atoms with Gasteiger partial charge in [-0.1, -0.05) is 41.9 Å². The molecular weight excluding hydrogens is 372 g/mol. The number of carbonyl (C=O) groups excluding carboxylic acids is 1. The highest BCUT2D eigenvalue weighted by molar-refractivity contribution is 6.31. The van der Waals surface area contributed by atoms with Crippen LogP contribution in [-0.4, -0.2) is 20.7 Å². The Morgan fingerprint density at radius 3 is 2.75 bits per heavy atom. The number of amides is 1. The first kappa shape index (κ1) is 18.3. The Morgan fingerprint density at radius 1 is 1.25 bits per heavy atom. The van der Waals surface area contributed by atoms with Gasteiger partial charge in [-0.25, -0.2) is 0 Å². The normalized spacial score (nSPS) is 12.2. The number of rotatable bonds is 5. The van der Waals surface area contributed by atoms with Crippen molar-refractivity contribution in [2.24, 2.45) is 0 Å². The van der Waals surface area contributed by atoms with E-state index in [-0.39, 0.29) is 11.9 Å². The van der Waals surface area contributed by atoms with Crippen molar-refractivity contribution in [1.82, 2.24) is 20.1 Å². The molecule has 0 aliphatic heterocycles. The summed E-state index contributed by atoms with van der Waals surface area (Å²) in [7, 11) is 0. The highest BCUT2D eigenvalue weighted by Crippen LogP contribution is 2.33. The SMILES string of the molecule is Cc1c(-c2ccccc2)[nH]c2c(CNC(=O)[C@H](C)n3cccn3)cc(Cl)cc12. The van der Waals surface area contributed by atoms with Crippen molar-refractivity contribution in [3.05, 3.63) is 77.1 Å². The van der Waals surface area contributed by atoms with E-state index in [4.69, 9.17) is 11.6 Å². The molecule has 6 heteroatoms. The number of H-pyrrole nitrogens is 1. The first-order chi connectivity index (χ1) is 13.5. The van der Waals surface area contributed by atoms with Gasteiger partial charge in [-0.05, 0) is 48.7 Å². The standard InChI is InChI=1S/C22H21ClN4O/c1-14-19-12-18(23)11-17(13-24-22(28)15(2)27-10-6-9-25-27)21(19)26-20(14)16-7-4-3-5-8-16/h3-12,15,26H,13H2,1-2H3,(H,24,28)/t15-/m0/s1. The monoisotopic (exact) mass is 392 g/mol. The molecule has 5 nitrogen and oxygen atoms in total. The Morgan fingerprint density at radius 2 is 2.04 bits per heavy atom. The van der Waals surface area contributed by atoms with Gasteiger partial charge < -0.3 is 10.3 Å². The van der Waals surface area contributed by atoms with Crippen LogP contribution in [0.4, 0.5) is 0 Å². The number of hydrogen-bond acceptors (Lipinski definition) is 2. The minimum Gasteiger partial charge on any atom is -0.354 e. The summed E-state index contributed by atoms with van der Waals surface area (Å²) < 4.78 is 1.63. The average molecular weight is 393 g/mol. The second kappa shape index (κ2) is 7.52. The van der Waals surface area contributed by atoms with Crippen molar-refractivity contribution >= 4 is 28.4 Å². The molecule has 0 fully saturated rings. The second-order valence-corrected chi connectivity index (χ2v) is 7.29. The van der Waals surface area contributed by atoms with Crippen molar-refractivity contribution in [1.29, 1.82) is 0 Å². The van der Waals surface area contributed by atoms with Gasteiger partial charge in [-0.3, -0.25) is 9.48 Å². The van der Waals surface area contributed by atoms with Gasteiger partial charge in [0.05, 0.1) is 5.52 Å². The number of nitrogens with zero attached hydrogens (tertiary/aromatic N) is 2.